The highest BCUT2D eigenvalue weighted by atomic mass is 35.5. The summed E-state index contributed by atoms with van der Waals surface area (Å²) in [5, 5.41) is 12.3. The summed E-state index contributed by atoms with van der Waals surface area (Å²) in [5.41, 5.74) is 1.21. The average molecular weight is 277 g/mol. The fraction of sp³-hybridized carbons (Fsp3) is 0.214. The van der Waals surface area contributed by atoms with Gasteiger partial charge in [0.05, 0.1) is 5.02 Å². The molecule has 1 aliphatic rings. The Morgan fingerprint density at radius 3 is 2.84 bits per heavy atom. The number of aromatic hydroxyl groups is 1. The molecule has 0 atom stereocenters. The van der Waals surface area contributed by atoms with Gasteiger partial charge in [0, 0.05) is 17.9 Å². The molecule has 1 amide bonds. The van der Waals surface area contributed by atoms with Gasteiger partial charge >= 0.3 is 0 Å². The Bertz CT molecular complexity index is 632. The molecule has 1 saturated carbocycles. The second-order valence-corrected chi connectivity index (χ2v) is 5.06. The van der Waals surface area contributed by atoms with E-state index in [0.29, 0.717) is 17.4 Å². The van der Waals surface area contributed by atoms with Crippen LogP contribution in [-0.2, 0) is 0 Å². The molecule has 0 aliphatic heterocycles. The van der Waals surface area contributed by atoms with Crippen LogP contribution in [0.4, 0.5) is 5.69 Å². The Balaban J connectivity index is 1.80. The molecule has 5 heteroatoms. The Kier molecular flexibility index (Phi) is 2.95. The van der Waals surface area contributed by atoms with E-state index in [9.17, 15) is 9.90 Å². The van der Waals surface area contributed by atoms with Crippen molar-refractivity contribution < 1.29 is 9.90 Å². The van der Waals surface area contributed by atoms with Crippen LogP contribution in [0.2, 0.25) is 5.02 Å². The predicted octanol–water partition coefficient (Wildman–Crippen LogP) is 3.43. The zero-order chi connectivity index (χ0) is 13.4. The van der Waals surface area contributed by atoms with Crippen LogP contribution in [0, 0.1) is 0 Å². The number of carbonyl (C=O) groups is 1. The molecule has 3 rings (SSSR count). The Labute approximate surface area is 115 Å². The second-order valence-electron chi connectivity index (χ2n) is 4.65. The lowest BCUT2D eigenvalue weighted by molar-refractivity contribution is 0.101. The van der Waals surface area contributed by atoms with Gasteiger partial charge in [0.15, 0.2) is 0 Å². The topological polar surface area (TPSA) is 54.3 Å². The van der Waals surface area contributed by atoms with E-state index in [0.717, 1.165) is 12.8 Å². The number of nitrogens with one attached hydrogen (secondary N) is 1. The zero-order valence-corrected chi connectivity index (χ0v) is 10.9. The number of anilines is 1. The first kappa shape index (κ1) is 12.1. The van der Waals surface area contributed by atoms with E-state index in [1.165, 1.54) is 12.1 Å². The zero-order valence-electron chi connectivity index (χ0n) is 10.1. The Morgan fingerprint density at radius 1 is 1.37 bits per heavy atom. The molecule has 0 saturated heterocycles. The van der Waals surface area contributed by atoms with Crippen molar-refractivity contribution >= 4 is 23.2 Å². The third-order valence-electron chi connectivity index (χ3n) is 3.16. The monoisotopic (exact) mass is 276 g/mol. The number of phenolic OH excluding ortho intramolecular Hbond substituents is 1. The molecule has 4 nitrogen and oxygen atoms in total. The first-order valence-electron chi connectivity index (χ1n) is 6.12. The number of benzene rings is 1. The Hall–Kier alpha value is -1.94. The lowest BCUT2D eigenvalue weighted by Crippen LogP contribution is -2.16. The lowest BCUT2D eigenvalue weighted by atomic mass is 10.3. The van der Waals surface area contributed by atoms with Gasteiger partial charge in [-0.1, -0.05) is 11.6 Å². The first-order valence-corrected chi connectivity index (χ1v) is 6.49. The summed E-state index contributed by atoms with van der Waals surface area (Å²) in [4.78, 5) is 12.2. The molecule has 1 heterocycles. The van der Waals surface area contributed by atoms with Crippen molar-refractivity contribution in [2.45, 2.75) is 18.9 Å². The molecule has 1 fully saturated rings. The number of nitrogens with zero attached hydrogens (tertiary/aromatic N) is 1. The van der Waals surface area contributed by atoms with Gasteiger partial charge in [-0.2, -0.15) is 0 Å². The molecular formula is C14H13ClN2O2. The summed E-state index contributed by atoms with van der Waals surface area (Å²) in [6.45, 7) is 0. The standard InChI is InChI=1S/C14H13ClN2O2/c15-11-8-9(3-6-13(11)18)16-14(19)12-2-1-7-17(12)10-4-5-10/h1-3,6-8,10,18H,4-5H2,(H,16,19). The summed E-state index contributed by atoms with van der Waals surface area (Å²) in [7, 11) is 0. The van der Waals surface area contributed by atoms with Crippen LogP contribution in [0.25, 0.3) is 0 Å². The van der Waals surface area contributed by atoms with E-state index in [2.05, 4.69) is 5.32 Å². The van der Waals surface area contributed by atoms with Gasteiger partial charge in [0.1, 0.15) is 11.4 Å². The number of amides is 1. The van der Waals surface area contributed by atoms with Crippen molar-refractivity contribution in [3.05, 3.63) is 47.2 Å². The van der Waals surface area contributed by atoms with Gasteiger partial charge in [-0.05, 0) is 43.2 Å². The summed E-state index contributed by atoms with van der Waals surface area (Å²) < 4.78 is 2.00. The van der Waals surface area contributed by atoms with Crippen molar-refractivity contribution in [2.75, 3.05) is 5.32 Å². The Morgan fingerprint density at radius 2 is 2.16 bits per heavy atom. The molecule has 1 aliphatic carbocycles. The van der Waals surface area contributed by atoms with Gasteiger partial charge < -0.3 is 15.0 Å². The quantitative estimate of drug-likeness (QED) is 0.844. The summed E-state index contributed by atoms with van der Waals surface area (Å²) in [6.07, 6.45) is 4.18. The number of phenols is 1. The van der Waals surface area contributed by atoms with E-state index in [1.807, 2.05) is 16.8 Å². The fourth-order valence-corrected chi connectivity index (χ4v) is 2.22. The maximum Gasteiger partial charge on any atom is 0.272 e. The van der Waals surface area contributed by atoms with Crippen LogP contribution in [0.3, 0.4) is 0 Å². The highest BCUT2D eigenvalue weighted by Crippen LogP contribution is 2.36. The molecule has 1 aromatic carbocycles. The first-order chi connectivity index (χ1) is 9.15. The summed E-state index contributed by atoms with van der Waals surface area (Å²) in [6, 6.07) is 8.73. The molecule has 0 bridgehead atoms. The van der Waals surface area contributed by atoms with Crippen LogP contribution in [0.5, 0.6) is 5.75 Å². The molecule has 2 aromatic rings. The van der Waals surface area contributed by atoms with E-state index in [4.69, 9.17) is 11.6 Å². The van der Waals surface area contributed by atoms with Gasteiger partial charge in [-0.25, -0.2) is 0 Å². The van der Waals surface area contributed by atoms with Crippen molar-refractivity contribution in [3.8, 4) is 5.75 Å². The van der Waals surface area contributed by atoms with Gasteiger partial charge in [-0.3, -0.25) is 4.79 Å². The van der Waals surface area contributed by atoms with E-state index < -0.39 is 0 Å². The number of rotatable bonds is 3. The number of hydrogen-bond acceptors (Lipinski definition) is 2. The van der Waals surface area contributed by atoms with Crippen LogP contribution in [-0.4, -0.2) is 15.6 Å². The van der Waals surface area contributed by atoms with Crippen molar-refractivity contribution in [3.63, 3.8) is 0 Å². The molecule has 0 unspecified atom stereocenters. The van der Waals surface area contributed by atoms with E-state index in [1.54, 1.807) is 12.1 Å². The van der Waals surface area contributed by atoms with Crippen molar-refractivity contribution in [2.24, 2.45) is 0 Å². The van der Waals surface area contributed by atoms with E-state index in [-0.39, 0.29) is 16.7 Å². The maximum atomic E-state index is 12.2. The van der Waals surface area contributed by atoms with Crippen LogP contribution in [0.15, 0.2) is 36.5 Å². The predicted molar refractivity (Wildman–Crippen MR) is 73.8 cm³/mol. The summed E-state index contributed by atoms with van der Waals surface area (Å²) >= 11 is 5.81. The fourth-order valence-electron chi connectivity index (χ4n) is 2.04. The minimum atomic E-state index is -0.168. The largest absolute Gasteiger partial charge is 0.506 e. The third kappa shape index (κ3) is 2.44. The second kappa shape index (κ2) is 4.63. The molecule has 1 aromatic heterocycles. The average Bonchev–Trinajstić information content (AvgIpc) is 3.11. The SMILES string of the molecule is O=C(Nc1ccc(O)c(Cl)c1)c1cccn1C1CC1. The maximum absolute atomic E-state index is 12.2. The molecule has 0 spiro atoms. The third-order valence-corrected chi connectivity index (χ3v) is 3.46. The number of carbonyl (C=O) groups excluding carboxylic acids is 1. The summed E-state index contributed by atoms with van der Waals surface area (Å²) in [5.74, 6) is -0.167. The van der Waals surface area contributed by atoms with Crippen LogP contribution >= 0.6 is 11.6 Å². The van der Waals surface area contributed by atoms with Crippen LogP contribution < -0.4 is 5.32 Å². The highest BCUT2D eigenvalue weighted by Gasteiger charge is 2.26. The molecule has 0 radical (unpaired) electrons. The normalized spacial score (nSPS) is 14.4. The molecule has 98 valence electrons. The highest BCUT2D eigenvalue weighted by molar-refractivity contribution is 6.32. The number of aromatic nitrogens is 1. The van der Waals surface area contributed by atoms with Crippen molar-refractivity contribution in [1.29, 1.82) is 0 Å². The number of hydrogen-bond donors (Lipinski definition) is 2. The van der Waals surface area contributed by atoms with Gasteiger partial charge in [0.2, 0.25) is 0 Å². The number of halogens is 1. The van der Waals surface area contributed by atoms with Crippen molar-refractivity contribution in [1.82, 2.24) is 4.57 Å². The van der Waals surface area contributed by atoms with Gasteiger partial charge in [0.25, 0.3) is 5.91 Å². The minimum Gasteiger partial charge on any atom is -0.506 e. The molecule has 19 heavy (non-hydrogen) atoms. The smallest absolute Gasteiger partial charge is 0.272 e. The van der Waals surface area contributed by atoms with Gasteiger partial charge in [-0.15, -0.1) is 0 Å². The molecular weight excluding hydrogens is 264 g/mol. The minimum absolute atomic E-state index is 0.000946. The molecule has 2 N–H and O–H groups in total. The van der Waals surface area contributed by atoms with Crippen LogP contribution in [0.1, 0.15) is 29.4 Å². The van der Waals surface area contributed by atoms with E-state index >= 15 is 0 Å². The lowest BCUT2D eigenvalue weighted by Gasteiger charge is -2.09.